The maximum Gasteiger partial charge on any atom is 0.410 e. The maximum absolute atomic E-state index is 12.1. The average molecular weight is 286 g/mol. The molecule has 2 heterocycles. The minimum Gasteiger partial charge on any atom is -0.444 e. The Balaban J connectivity index is 1.92. The predicted molar refractivity (Wildman–Crippen MR) is 79.5 cm³/mol. The molecule has 5 heteroatoms. The average Bonchev–Trinajstić information content (AvgIpc) is 2.85. The van der Waals surface area contributed by atoms with Crippen molar-refractivity contribution < 1.29 is 9.53 Å². The van der Waals surface area contributed by atoms with Gasteiger partial charge in [0, 0.05) is 30.4 Å². The van der Waals surface area contributed by atoms with Gasteiger partial charge < -0.3 is 9.64 Å². The van der Waals surface area contributed by atoms with Crippen LogP contribution in [0.4, 0.5) is 4.79 Å². The van der Waals surface area contributed by atoms with E-state index in [1.807, 2.05) is 25.7 Å². The summed E-state index contributed by atoms with van der Waals surface area (Å²) >= 11 is 4.51. The number of hydrogen-bond acceptors (Lipinski definition) is 4. The number of likely N-dealkylation sites (tertiary alicyclic amines) is 2. The van der Waals surface area contributed by atoms with Gasteiger partial charge in [0.15, 0.2) is 0 Å². The number of thiol groups is 1. The molecule has 2 rings (SSSR count). The molecule has 1 spiro atoms. The molecule has 0 bridgehead atoms. The molecule has 2 saturated heterocycles. The number of nitrogens with zero attached hydrogens (tertiary/aromatic N) is 2. The molecule has 2 atom stereocenters. The Morgan fingerprint density at radius 3 is 2.42 bits per heavy atom. The molecule has 2 fully saturated rings. The van der Waals surface area contributed by atoms with Gasteiger partial charge in [-0.3, -0.25) is 4.90 Å². The first-order valence-electron chi connectivity index (χ1n) is 7.11. The molecule has 19 heavy (non-hydrogen) atoms. The molecule has 0 saturated carbocycles. The fourth-order valence-corrected chi connectivity index (χ4v) is 3.24. The van der Waals surface area contributed by atoms with Gasteiger partial charge in [-0.05, 0) is 47.1 Å². The van der Waals surface area contributed by atoms with Crippen LogP contribution in [0.5, 0.6) is 0 Å². The Bertz CT molecular complexity index is 354. The van der Waals surface area contributed by atoms with Gasteiger partial charge in [0.1, 0.15) is 5.60 Å². The van der Waals surface area contributed by atoms with Gasteiger partial charge in [0.2, 0.25) is 0 Å². The van der Waals surface area contributed by atoms with E-state index in [0.717, 1.165) is 39.0 Å². The van der Waals surface area contributed by atoms with Crippen molar-refractivity contribution in [3.05, 3.63) is 0 Å². The molecule has 2 unspecified atom stereocenters. The zero-order valence-corrected chi connectivity index (χ0v) is 13.4. The van der Waals surface area contributed by atoms with Crippen LogP contribution in [-0.2, 0) is 4.74 Å². The van der Waals surface area contributed by atoms with Crippen molar-refractivity contribution in [2.45, 2.75) is 51.5 Å². The van der Waals surface area contributed by atoms with E-state index in [1.54, 1.807) is 0 Å². The number of rotatable bonds is 1. The second-order valence-electron chi connectivity index (χ2n) is 7.00. The molecule has 1 amide bonds. The third kappa shape index (κ3) is 3.57. The van der Waals surface area contributed by atoms with Crippen LogP contribution in [0.15, 0.2) is 0 Å². The molecule has 0 aromatic carbocycles. The zero-order chi connectivity index (χ0) is 14.3. The first-order chi connectivity index (χ1) is 8.71. The summed E-state index contributed by atoms with van der Waals surface area (Å²) in [6.45, 7) is 11.7. The fourth-order valence-electron chi connectivity index (χ4n) is 3.04. The topological polar surface area (TPSA) is 32.8 Å². The lowest BCUT2D eigenvalue weighted by Gasteiger charge is -2.27. The van der Waals surface area contributed by atoms with E-state index in [4.69, 9.17) is 4.74 Å². The minimum absolute atomic E-state index is 0.165. The molecule has 0 radical (unpaired) electrons. The summed E-state index contributed by atoms with van der Waals surface area (Å²) in [4.78, 5) is 16.4. The van der Waals surface area contributed by atoms with Crippen LogP contribution in [0.25, 0.3) is 0 Å². The van der Waals surface area contributed by atoms with Gasteiger partial charge >= 0.3 is 6.09 Å². The van der Waals surface area contributed by atoms with Gasteiger partial charge in [-0.1, -0.05) is 0 Å². The van der Waals surface area contributed by atoms with E-state index < -0.39 is 5.60 Å². The first-order valence-corrected chi connectivity index (χ1v) is 7.63. The van der Waals surface area contributed by atoms with Crippen LogP contribution in [0.3, 0.4) is 0 Å². The lowest BCUT2D eigenvalue weighted by Crippen LogP contribution is -2.38. The maximum atomic E-state index is 12.1. The van der Waals surface area contributed by atoms with Gasteiger partial charge in [-0.15, -0.1) is 0 Å². The van der Waals surface area contributed by atoms with Gasteiger partial charge in [0.05, 0.1) is 0 Å². The Morgan fingerprint density at radius 1 is 1.26 bits per heavy atom. The molecular weight excluding hydrogens is 260 g/mol. The van der Waals surface area contributed by atoms with E-state index in [9.17, 15) is 4.79 Å². The lowest BCUT2D eigenvalue weighted by molar-refractivity contribution is 0.0274. The zero-order valence-electron chi connectivity index (χ0n) is 12.5. The molecule has 0 N–H and O–H groups in total. The highest BCUT2D eigenvalue weighted by atomic mass is 32.1. The van der Waals surface area contributed by atoms with Crippen LogP contribution in [0.1, 0.15) is 40.5 Å². The summed E-state index contributed by atoms with van der Waals surface area (Å²) in [5, 5.41) is 0.301. The van der Waals surface area contributed by atoms with Crippen LogP contribution >= 0.6 is 12.6 Å². The second-order valence-corrected chi connectivity index (χ2v) is 7.75. The van der Waals surface area contributed by atoms with Gasteiger partial charge in [-0.2, -0.15) is 12.6 Å². The lowest BCUT2D eigenvalue weighted by atomic mass is 9.86. The molecule has 0 aromatic heterocycles. The highest BCUT2D eigenvalue weighted by Gasteiger charge is 2.45. The monoisotopic (exact) mass is 286 g/mol. The number of ether oxygens (including phenoxy) is 1. The van der Waals surface area contributed by atoms with Crippen LogP contribution < -0.4 is 0 Å². The summed E-state index contributed by atoms with van der Waals surface area (Å²) in [5.41, 5.74) is -0.137. The number of carbonyl (C=O) groups is 1. The van der Waals surface area contributed by atoms with Crippen molar-refractivity contribution in [1.82, 2.24) is 9.80 Å². The fraction of sp³-hybridized carbons (Fsp3) is 0.929. The highest BCUT2D eigenvalue weighted by Crippen LogP contribution is 2.40. The summed E-state index contributed by atoms with van der Waals surface area (Å²) < 4.78 is 5.46. The molecule has 110 valence electrons. The summed E-state index contributed by atoms with van der Waals surface area (Å²) in [5.74, 6) is 0. The second kappa shape index (κ2) is 5.17. The molecule has 0 aromatic rings. The van der Waals surface area contributed by atoms with Crippen LogP contribution in [0.2, 0.25) is 0 Å². The van der Waals surface area contributed by atoms with Crippen molar-refractivity contribution >= 4 is 18.7 Å². The summed E-state index contributed by atoms with van der Waals surface area (Å²) in [7, 11) is 0. The largest absolute Gasteiger partial charge is 0.444 e. The van der Waals surface area contributed by atoms with Crippen molar-refractivity contribution in [3.8, 4) is 0 Å². The van der Waals surface area contributed by atoms with Gasteiger partial charge in [0.25, 0.3) is 0 Å². The van der Waals surface area contributed by atoms with Crippen LogP contribution in [-0.4, -0.2) is 53.0 Å². The van der Waals surface area contributed by atoms with E-state index in [-0.39, 0.29) is 11.5 Å². The van der Waals surface area contributed by atoms with Crippen molar-refractivity contribution in [3.63, 3.8) is 0 Å². The minimum atomic E-state index is -0.409. The number of hydrogen-bond donors (Lipinski definition) is 1. The summed E-state index contributed by atoms with van der Waals surface area (Å²) in [6.07, 6.45) is 2.09. The highest BCUT2D eigenvalue weighted by molar-refractivity contribution is 7.80. The predicted octanol–water partition coefficient (Wildman–Crippen LogP) is 2.60. The third-order valence-electron chi connectivity index (χ3n) is 4.09. The Labute approximate surface area is 121 Å². The van der Waals surface area contributed by atoms with Gasteiger partial charge in [-0.25, -0.2) is 4.79 Å². The molecule has 2 aliphatic heterocycles. The van der Waals surface area contributed by atoms with Crippen molar-refractivity contribution in [2.75, 3.05) is 26.2 Å². The van der Waals surface area contributed by atoms with Crippen LogP contribution in [0, 0.1) is 5.41 Å². The SMILES string of the molecule is CC(S)N1CCC2(CCN(C(=O)OC(C)(C)C)C2)C1. The molecule has 4 nitrogen and oxygen atoms in total. The van der Waals surface area contributed by atoms with E-state index >= 15 is 0 Å². The van der Waals surface area contributed by atoms with E-state index in [0.29, 0.717) is 5.37 Å². The van der Waals surface area contributed by atoms with Crippen molar-refractivity contribution in [1.29, 1.82) is 0 Å². The third-order valence-corrected chi connectivity index (χ3v) is 4.41. The normalized spacial score (nSPS) is 30.1. The molecular formula is C14H26N2O2S. The first kappa shape index (κ1) is 15.0. The van der Waals surface area contributed by atoms with Crippen molar-refractivity contribution in [2.24, 2.45) is 5.41 Å². The standard InChI is InChI=1S/C14H26N2O2S/c1-11(19)15-7-5-14(9-15)6-8-16(10-14)12(17)18-13(2,3)4/h11,19H,5-10H2,1-4H3. The quantitative estimate of drug-likeness (QED) is 0.752. The Hall–Kier alpha value is -0.420. The molecule has 2 aliphatic rings. The smallest absolute Gasteiger partial charge is 0.410 e. The van der Waals surface area contributed by atoms with E-state index in [2.05, 4.69) is 24.5 Å². The van der Waals surface area contributed by atoms with E-state index in [1.165, 1.54) is 0 Å². The summed E-state index contributed by atoms with van der Waals surface area (Å²) in [6, 6.07) is 0. The Kier molecular flexibility index (Phi) is 4.07. The molecule has 0 aliphatic carbocycles. The number of amides is 1. The number of carbonyl (C=O) groups excluding carboxylic acids is 1. The Morgan fingerprint density at radius 2 is 1.89 bits per heavy atom.